The van der Waals surface area contributed by atoms with Gasteiger partial charge in [-0.3, -0.25) is 4.79 Å². The van der Waals surface area contributed by atoms with Gasteiger partial charge in [0.1, 0.15) is 0 Å². The number of halogens is 1. The molecule has 3 N–H and O–H groups in total. The number of aryl methyl sites for hydroxylation is 2. The minimum atomic E-state index is -0.0535. The highest BCUT2D eigenvalue weighted by molar-refractivity contribution is 5.94. The third kappa shape index (κ3) is 4.32. The average Bonchev–Trinajstić information content (AvgIpc) is 2.12. The van der Waals surface area contributed by atoms with Gasteiger partial charge in [0, 0.05) is 18.7 Å². The minimum Gasteiger partial charge on any atom is -0.351 e. The van der Waals surface area contributed by atoms with Gasteiger partial charge in [0.2, 0.25) is 0 Å². The zero-order chi connectivity index (χ0) is 10.6. The maximum Gasteiger partial charge on any atom is 0.251 e. The third-order valence-corrected chi connectivity index (χ3v) is 1.91. The quantitative estimate of drug-likeness (QED) is 0.822. The van der Waals surface area contributed by atoms with Gasteiger partial charge in [-0.15, -0.1) is 12.4 Å². The summed E-state index contributed by atoms with van der Waals surface area (Å²) < 4.78 is 0. The van der Waals surface area contributed by atoms with E-state index in [-0.39, 0.29) is 18.3 Å². The fourth-order valence-electron chi connectivity index (χ4n) is 1.39. The van der Waals surface area contributed by atoms with Crippen molar-refractivity contribution in [2.45, 2.75) is 13.8 Å². The lowest BCUT2D eigenvalue weighted by atomic mass is 10.1. The van der Waals surface area contributed by atoms with Crippen molar-refractivity contribution in [3.63, 3.8) is 0 Å². The molecule has 0 spiro atoms. The molecule has 0 radical (unpaired) electrons. The number of nitrogens with two attached hydrogens (primary N) is 1. The van der Waals surface area contributed by atoms with Gasteiger partial charge >= 0.3 is 0 Å². The van der Waals surface area contributed by atoms with Gasteiger partial charge < -0.3 is 11.1 Å². The molecule has 0 atom stereocenters. The van der Waals surface area contributed by atoms with E-state index in [4.69, 9.17) is 5.73 Å². The molecular weight excluding hydrogens is 212 g/mol. The Kier molecular flexibility index (Phi) is 5.97. The van der Waals surface area contributed by atoms with Crippen LogP contribution >= 0.6 is 12.4 Å². The van der Waals surface area contributed by atoms with E-state index in [0.717, 1.165) is 11.1 Å². The van der Waals surface area contributed by atoms with Crippen molar-refractivity contribution < 1.29 is 4.79 Å². The Morgan fingerprint density at radius 3 is 2.27 bits per heavy atom. The monoisotopic (exact) mass is 228 g/mol. The zero-order valence-corrected chi connectivity index (χ0v) is 9.86. The minimum absolute atomic E-state index is 0. The van der Waals surface area contributed by atoms with Gasteiger partial charge in [-0.05, 0) is 26.0 Å². The number of amides is 1. The number of rotatable bonds is 3. The first-order valence-electron chi connectivity index (χ1n) is 4.70. The van der Waals surface area contributed by atoms with E-state index in [9.17, 15) is 4.79 Å². The summed E-state index contributed by atoms with van der Waals surface area (Å²) in [6.45, 7) is 4.95. The van der Waals surface area contributed by atoms with Gasteiger partial charge in [0.15, 0.2) is 0 Å². The van der Waals surface area contributed by atoms with Crippen LogP contribution in [0.2, 0.25) is 0 Å². The smallest absolute Gasteiger partial charge is 0.251 e. The maximum atomic E-state index is 11.5. The zero-order valence-electron chi connectivity index (χ0n) is 9.04. The lowest BCUT2D eigenvalue weighted by Crippen LogP contribution is -2.29. The molecule has 0 heterocycles. The molecule has 0 aromatic heterocycles. The number of carbonyl (C=O) groups is 1. The highest BCUT2D eigenvalue weighted by Gasteiger charge is 2.04. The Labute approximate surface area is 96.5 Å². The largest absolute Gasteiger partial charge is 0.351 e. The van der Waals surface area contributed by atoms with Crippen LogP contribution in [0.5, 0.6) is 0 Å². The Morgan fingerprint density at radius 2 is 1.80 bits per heavy atom. The van der Waals surface area contributed by atoms with Crippen LogP contribution in [0.4, 0.5) is 0 Å². The SMILES string of the molecule is Cc1cc(C)cc(C(=O)NCCN)c1.Cl. The number of hydrogen-bond acceptors (Lipinski definition) is 2. The molecule has 1 aromatic rings. The van der Waals surface area contributed by atoms with Crippen molar-refractivity contribution in [1.82, 2.24) is 5.32 Å². The summed E-state index contributed by atoms with van der Waals surface area (Å²) in [5, 5.41) is 2.74. The number of hydrogen-bond donors (Lipinski definition) is 2. The number of carbonyl (C=O) groups excluding carboxylic acids is 1. The predicted molar refractivity (Wildman–Crippen MR) is 64.6 cm³/mol. The molecule has 1 rings (SSSR count). The summed E-state index contributed by atoms with van der Waals surface area (Å²) in [4.78, 5) is 11.5. The fourth-order valence-corrected chi connectivity index (χ4v) is 1.39. The summed E-state index contributed by atoms with van der Waals surface area (Å²) in [6.07, 6.45) is 0. The van der Waals surface area contributed by atoms with Gasteiger partial charge in [0.25, 0.3) is 5.91 Å². The first-order chi connectivity index (χ1) is 6.63. The average molecular weight is 229 g/mol. The van der Waals surface area contributed by atoms with Crippen molar-refractivity contribution in [3.05, 3.63) is 34.9 Å². The Bertz CT molecular complexity index is 319. The Morgan fingerprint density at radius 1 is 1.27 bits per heavy atom. The topological polar surface area (TPSA) is 55.1 Å². The van der Waals surface area contributed by atoms with E-state index in [1.54, 1.807) is 0 Å². The summed E-state index contributed by atoms with van der Waals surface area (Å²) in [7, 11) is 0. The molecule has 0 saturated heterocycles. The van der Waals surface area contributed by atoms with Crippen LogP contribution in [0.25, 0.3) is 0 Å². The van der Waals surface area contributed by atoms with Crippen molar-refractivity contribution in [2.24, 2.45) is 5.73 Å². The summed E-state index contributed by atoms with van der Waals surface area (Å²) in [5.41, 5.74) is 8.20. The first-order valence-corrected chi connectivity index (χ1v) is 4.70. The van der Waals surface area contributed by atoms with Crippen molar-refractivity contribution in [1.29, 1.82) is 0 Å². The van der Waals surface area contributed by atoms with Crippen LogP contribution in [0.15, 0.2) is 18.2 Å². The summed E-state index contributed by atoms with van der Waals surface area (Å²) in [6, 6.07) is 5.79. The molecule has 0 unspecified atom stereocenters. The molecule has 84 valence electrons. The molecule has 1 aromatic carbocycles. The van der Waals surface area contributed by atoms with Gasteiger partial charge in [0.05, 0.1) is 0 Å². The third-order valence-electron chi connectivity index (χ3n) is 1.91. The summed E-state index contributed by atoms with van der Waals surface area (Å²) >= 11 is 0. The van der Waals surface area contributed by atoms with Crippen LogP contribution in [0, 0.1) is 13.8 Å². The van der Waals surface area contributed by atoms with E-state index in [1.807, 2.05) is 32.0 Å². The summed E-state index contributed by atoms with van der Waals surface area (Å²) in [5.74, 6) is -0.0535. The predicted octanol–water partition coefficient (Wildman–Crippen LogP) is 1.41. The molecule has 0 aliphatic rings. The van der Waals surface area contributed by atoms with Crippen LogP contribution in [0.3, 0.4) is 0 Å². The van der Waals surface area contributed by atoms with Crippen LogP contribution in [0.1, 0.15) is 21.5 Å². The molecule has 0 fully saturated rings. The lowest BCUT2D eigenvalue weighted by Gasteiger charge is -2.05. The molecule has 0 aliphatic carbocycles. The second-order valence-electron chi connectivity index (χ2n) is 3.42. The molecule has 0 bridgehead atoms. The van der Waals surface area contributed by atoms with E-state index in [1.165, 1.54) is 0 Å². The maximum absolute atomic E-state index is 11.5. The highest BCUT2D eigenvalue weighted by atomic mass is 35.5. The molecule has 4 heteroatoms. The molecular formula is C11H17ClN2O. The van der Waals surface area contributed by atoms with Crippen molar-refractivity contribution in [2.75, 3.05) is 13.1 Å². The van der Waals surface area contributed by atoms with E-state index in [0.29, 0.717) is 18.7 Å². The number of nitrogens with one attached hydrogen (secondary N) is 1. The standard InChI is InChI=1S/C11H16N2O.ClH/c1-8-5-9(2)7-10(6-8)11(14)13-4-3-12;/h5-7H,3-4,12H2,1-2H3,(H,13,14);1H. The van der Waals surface area contributed by atoms with Gasteiger partial charge in [-0.25, -0.2) is 0 Å². The van der Waals surface area contributed by atoms with E-state index < -0.39 is 0 Å². The molecule has 15 heavy (non-hydrogen) atoms. The van der Waals surface area contributed by atoms with Gasteiger partial charge in [-0.1, -0.05) is 17.2 Å². The van der Waals surface area contributed by atoms with E-state index in [2.05, 4.69) is 5.32 Å². The van der Waals surface area contributed by atoms with Crippen LogP contribution in [-0.4, -0.2) is 19.0 Å². The van der Waals surface area contributed by atoms with Crippen LogP contribution in [-0.2, 0) is 0 Å². The number of benzene rings is 1. The first kappa shape index (κ1) is 13.9. The van der Waals surface area contributed by atoms with Crippen LogP contribution < -0.4 is 11.1 Å². The molecule has 0 aliphatic heterocycles. The van der Waals surface area contributed by atoms with Gasteiger partial charge in [-0.2, -0.15) is 0 Å². The molecule has 1 amide bonds. The Hall–Kier alpha value is -1.06. The fraction of sp³-hybridized carbons (Fsp3) is 0.364. The lowest BCUT2D eigenvalue weighted by molar-refractivity contribution is 0.0954. The highest BCUT2D eigenvalue weighted by Crippen LogP contribution is 2.08. The van der Waals surface area contributed by atoms with E-state index >= 15 is 0 Å². The Balaban J connectivity index is 0.00000196. The molecule has 3 nitrogen and oxygen atoms in total. The van der Waals surface area contributed by atoms with Crippen molar-refractivity contribution >= 4 is 18.3 Å². The second kappa shape index (κ2) is 6.43. The second-order valence-corrected chi connectivity index (χ2v) is 3.42. The molecule has 0 saturated carbocycles. The van der Waals surface area contributed by atoms with Crippen molar-refractivity contribution in [3.8, 4) is 0 Å². The normalized spacial score (nSPS) is 9.27.